The zero-order valence-corrected chi connectivity index (χ0v) is 24.5. The van der Waals surface area contributed by atoms with Gasteiger partial charge in [-0.3, -0.25) is 9.59 Å². The molecular formula is C27H42N2O6S2. The predicted molar refractivity (Wildman–Crippen MR) is 139 cm³/mol. The summed E-state index contributed by atoms with van der Waals surface area (Å²) >= 11 is 0. The summed E-state index contributed by atoms with van der Waals surface area (Å²) in [6.07, 6.45) is 5.69. The zero-order chi connectivity index (χ0) is 27.0. The van der Waals surface area contributed by atoms with Crippen LogP contribution in [0.2, 0.25) is 0 Å². The Morgan fingerprint density at radius 3 is 1.73 bits per heavy atom. The fraction of sp³-hybridized carbons (Fsp3) is 0.926. The van der Waals surface area contributed by atoms with E-state index in [0.29, 0.717) is 37.5 Å². The van der Waals surface area contributed by atoms with E-state index in [1.807, 2.05) is 6.92 Å². The SMILES string of the molecule is CCC[C@@H](CC(=O)N1[C@@H]2C[C@H]3CC[C@]2(CS1(=O)=O)C3(C)C)C(=O)N1[C@@H]2C[C@H]3CC[C@]2(CS1(=O)=O)C3(C)C. The molecule has 0 aromatic heterocycles. The van der Waals surface area contributed by atoms with E-state index < -0.39 is 48.6 Å². The molecule has 6 aliphatic rings. The van der Waals surface area contributed by atoms with Crippen molar-refractivity contribution >= 4 is 31.9 Å². The molecule has 0 unspecified atom stereocenters. The molecule has 8 nitrogen and oxygen atoms in total. The van der Waals surface area contributed by atoms with Crippen molar-refractivity contribution in [3.05, 3.63) is 0 Å². The molecule has 4 saturated carbocycles. The number of hydrogen-bond donors (Lipinski definition) is 0. The van der Waals surface area contributed by atoms with Crippen molar-refractivity contribution in [2.75, 3.05) is 11.5 Å². The Balaban J connectivity index is 1.28. The third-order valence-corrected chi connectivity index (χ3v) is 16.5. The molecule has 0 radical (unpaired) electrons. The maximum atomic E-state index is 14.0. The molecule has 4 bridgehead atoms. The van der Waals surface area contributed by atoms with Crippen LogP contribution in [0.1, 0.15) is 92.4 Å². The highest BCUT2D eigenvalue weighted by atomic mass is 32.2. The number of carbonyl (C=O) groups is 2. The van der Waals surface area contributed by atoms with Crippen molar-refractivity contribution in [1.29, 1.82) is 0 Å². The van der Waals surface area contributed by atoms with Gasteiger partial charge in [0.25, 0.3) is 0 Å². The minimum atomic E-state index is -3.80. The molecule has 10 heteroatoms. The van der Waals surface area contributed by atoms with Crippen LogP contribution in [-0.4, -0.2) is 60.8 Å². The second kappa shape index (κ2) is 7.52. The van der Waals surface area contributed by atoms with Crippen LogP contribution >= 0.6 is 0 Å². The van der Waals surface area contributed by atoms with Gasteiger partial charge in [0, 0.05) is 23.2 Å². The number of sulfonamides is 2. The van der Waals surface area contributed by atoms with Crippen LogP contribution < -0.4 is 0 Å². The lowest BCUT2D eigenvalue weighted by Crippen LogP contribution is -2.48. The van der Waals surface area contributed by atoms with Crippen molar-refractivity contribution in [2.45, 2.75) is 104 Å². The average molecular weight is 555 g/mol. The third-order valence-electron chi connectivity index (χ3n) is 12.7. The number of carbonyl (C=O) groups excluding carboxylic acids is 2. The van der Waals surface area contributed by atoms with Crippen LogP contribution in [0.4, 0.5) is 0 Å². The number of fused-ring (bicyclic) bond motifs is 2. The van der Waals surface area contributed by atoms with E-state index in [2.05, 4.69) is 27.7 Å². The second-order valence-corrected chi connectivity index (χ2v) is 17.9. The van der Waals surface area contributed by atoms with Crippen LogP contribution in [0, 0.1) is 39.4 Å². The molecule has 0 aromatic carbocycles. The molecule has 6 fully saturated rings. The molecule has 0 N–H and O–H groups in total. The fourth-order valence-electron chi connectivity index (χ4n) is 10.3. The zero-order valence-electron chi connectivity index (χ0n) is 22.8. The molecule has 0 aromatic rings. The lowest BCUT2D eigenvalue weighted by Gasteiger charge is -2.38. The lowest BCUT2D eigenvalue weighted by atomic mass is 9.69. The Kier molecular flexibility index (Phi) is 5.30. The molecule has 2 amide bonds. The molecule has 2 spiro atoms. The third kappa shape index (κ3) is 3.00. The van der Waals surface area contributed by atoms with Crippen molar-refractivity contribution in [3.8, 4) is 0 Å². The van der Waals surface area contributed by atoms with Crippen molar-refractivity contribution in [1.82, 2.24) is 8.61 Å². The fourth-order valence-corrected chi connectivity index (χ4v) is 15.5. The summed E-state index contributed by atoms with van der Waals surface area (Å²) in [6, 6.07) is -0.695. The summed E-state index contributed by atoms with van der Waals surface area (Å²) in [5, 5.41) is 0. The van der Waals surface area contributed by atoms with E-state index >= 15 is 0 Å². The minimum Gasteiger partial charge on any atom is -0.274 e. The molecular weight excluding hydrogens is 512 g/mol. The van der Waals surface area contributed by atoms with Crippen LogP contribution in [0.25, 0.3) is 0 Å². The highest BCUT2D eigenvalue weighted by molar-refractivity contribution is 7.90. The molecule has 4 aliphatic carbocycles. The van der Waals surface area contributed by atoms with Crippen molar-refractivity contribution < 1.29 is 26.4 Å². The van der Waals surface area contributed by atoms with Gasteiger partial charge in [-0.15, -0.1) is 0 Å². The maximum absolute atomic E-state index is 14.0. The van der Waals surface area contributed by atoms with E-state index in [1.54, 1.807) is 0 Å². The van der Waals surface area contributed by atoms with Gasteiger partial charge in [0.15, 0.2) is 0 Å². The summed E-state index contributed by atoms with van der Waals surface area (Å²) in [7, 11) is -7.58. The summed E-state index contributed by atoms with van der Waals surface area (Å²) in [4.78, 5) is 27.7. The van der Waals surface area contributed by atoms with Gasteiger partial charge in [-0.25, -0.2) is 25.4 Å². The van der Waals surface area contributed by atoms with Gasteiger partial charge in [-0.05, 0) is 67.6 Å². The Morgan fingerprint density at radius 2 is 1.27 bits per heavy atom. The molecule has 6 rings (SSSR count). The largest absolute Gasteiger partial charge is 0.274 e. The maximum Gasteiger partial charge on any atom is 0.239 e. The molecule has 2 aliphatic heterocycles. The normalized spacial score (nSPS) is 43.7. The monoisotopic (exact) mass is 554 g/mol. The molecule has 7 atom stereocenters. The first-order valence-electron chi connectivity index (χ1n) is 14.2. The topological polar surface area (TPSA) is 109 Å². The molecule has 2 saturated heterocycles. The number of hydrogen-bond acceptors (Lipinski definition) is 6. The van der Waals surface area contributed by atoms with E-state index in [4.69, 9.17) is 0 Å². The first kappa shape index (κ1) is 26.1. The lowest BCUT2D eigenvalue weighted by molar-refractivity contribution is -0.139. The summed E-state index contributed by atoms with van der Waals surface area (Å²) < 4.78 is 56.0. The van der Waals surface area contributed by atoms with Crippen molar-refractivity contribution in [3.63, 3.8) is 0 Å². The van der Waals surface area contributed by atoms with Gasteiger partial charge < -0.3 is 0 Å². The first-order valence-corrected chi connectivity index (χ1v) is 17.4. The van der Waals surface area contributed by atoms with Gasteiger partial charge in [0.1, 0.15) is 0 Å². The Bertz CT molecular complexity index is 1270. The van der Waals surface area contributed by atoms with Gasteiger partial charge in [0.05, 0.1) is 23.6 Å². The summed E-state index contributed by atoms with van der Waals surface area (Å²) in [5.74, 6) is -1.09. The Labute approximate surface area is 222 Å². The predicted octanol–water partition coefficient (Wildman–Crippen LogP) is 3.53. The number of amides is 2. The quantitative estimate of drug-likeness (QED) is 0.514. The minimum absolute atomic E-state index is 0.00569. The van der Waals surface area contributed by atoms with Gasteiger partial charge in [-0.1, -0.05) is 41.0 Å². The highest BCUT2D eigenvalue weighted by Crippen LogP contribution is 2.71. The summed E-state index contributed by atoms with van der Waals surface area (Å²) in [6.45, 7) is 10.5. The van der Waals surface area contributed by atoms with Crippen LogP contribution in [-0.2, 0) is 29.6 Å². The van der Waals surface area contributed by atoms with Crippen LogP contribution in [0.5, 0.6) is 0 Å². The van der Waals surface area contributed by atoms with E-state index in [0.717, 1.165) is 34.3 Å². The van der Waals surface area contributed by atoms with E-state index in [9.17, 15) is 26.4 Å². The van der Waals surface area contributed by atoms with Crippen LogP contribution in [0.15, 0.2) is 0 Å². The number of rotatable bonds is 5. The van der Waals surface area contributed by atoms with Crippen molar-refractivity contribution in [2.24, 2.45) is 39.4 Å². The molecule has 208 valence electrons. The van der Waals surface area contributed by atoms with Gasteiger partial charge in [-0.2, -0.15) is 0 Å². The van der Waals surface area contributed by atoms with Gasteiger partial charge in [0.2, 0.25) is 31.9 Å². The standard InChI is InChI=1S/C27H42N2O6S2/c1-6-7-17(23(31)29-21-14-19-9-11-27(21,25(19,4)5)16-37(29,34)35)12-22(30)28-20-13-18-8-10-26(20,24(18,2)3)15-36(28,32)33/h17-21H,6-16H2,1-5H3/t17-,18+,19+,20+,21+,26+,27+/m0/s1. The van der Waals surface area contributed by atoms with Gasteiger partial charge >= 0.3 is 0 Å². The molecule has 37 heavy (non-hydrogen) atoms. The first-order chi connectivity index (χ1) is 17.1. The van der Waals surface area contributed by atoms with E-state index in [1.165, 1.54) is 0 Å². The number of nitrogens with zero attached hydrogens (tertiary/aromatic N) is 2. The Morgan fingerprint density at radius 1 is 0.811 bits per heavy atom. The average Bonchev–Trinajstić information content (AvgIpc) is 3.46. The highest BCUT2D eigenvalue weighted by Gasteiger charge is 2.74. The summed E-state index contributed by atoms with van der Waals surface area (Å²) in [5.41, 5.74) is -1.14. The van der Waals surface area contributed by atoms with Crippen LogP contribution in [0.3, 0.4) is 0 Å². The smallest absolute Gasteiger partial charge is 0.239 e. The Hall–Kier alpha value is -1.16. The molecule has 2 heterocycles. The second-order valence-electron chi connectivity index (χ2n) is 14.3. The van der Waals surface area contributed by atoms with E-state index in [-0.39, 0.29) is 40.8 Å².